The predicted molar refractivity (Wildman–Crippen MR) is 90.7 cm³/mol. The van der Waals surface area contributed by atoms with Gasteiger partial charge in [-0.1, -0.05) is 18.2 Å². The first-order chi connectivity index (χ1) is 12.4. The summed E-state index contributed by atoms with van der Waals surface area (Å²) in [5.41, 5.74) is 0.0119. The number of aromatic hydroxyl groups is 1. The summed E-state index contributed by atoms with van der Waals surface area (Å²) in [4.78, 5) is 34.1. The van der Waals surface area contributed by atoms with E-state index in [-0.39, 0.29) is 35.6 Å². The monoisotopic (exact) mass is 355 g/mol. The van der Waals surface area contributed by atoms with Gasteiger partial charge < -0.3 is 14.3 Å². The molecule has 1 heterocycles. The van der Waals surface area contributed by atoms with Gasteiger partial charge in [-0.05, 0) is 12.1 Å². The van der Waals surface area contributed by atoms with Crippen LogP contribution in [0, 0.1) is 10.1 Å². The fourth-order valence-electron chi connectivity index (χ4n) is 2.54. The molecule has 3 aromatic rings. The van der Waals surface area contributed by atoms with Crippen molar-refractivity contribution in [1.82, 2.24) is 0 Å². The zero-order chi connectivity index (χ0) is 18.7. The highest BCUT2D eigenvalue weighted by Crippen LogP contribution is 2.23. The maximum Gasteiger partial charge on any atom is 0.336 e. The van der Waals surface area contributed by atoms with Crippen LogP contribution in [0.2, 0.25) is 0 Å². The van der Waals surface area contributed by atoms with E-state index >= 15 is 0 Å². The van der Waals surface area contributed by atoms with Crippen LogP contribution in [0.5, 0.6) is 5.75 Å². The van der Waals surface area contributed by atoms with Gasteiger partial charge in [-0.3, -0.25) is 14.9 Å². The third kappa shape index (κ3) is 3.69. The number of nitro groups is 1. The summed E-state index contributed by atoms with van der Waals surface area (Å²) < 4.78 is 10.2. The van der Waals surface area contributed by atoms with Gasteiger partial charge in [0.15, 0.2) is 0 Å². The first kappa shape index (κ1) is 17.2. The maximum absolute atomic E-state index is 12.0. The number of hydrogen-bond donors (Lipinski definition) is 1. The molecule has 0 bridgehead atoms. The smallest absolute Gasteiger partial charge is 0.336 e. The van der Waals surface area contributed by atoms with Gasteiger partial charge >= 0.3 is 11.6 Å². The van der Waals surface area contributed by atoms with Gasteiger partial charge in [0.25, 0.3) is 5.69 Å². The van der Waals surface area contributed by atoms with Crippen molar-refractivity contribution >= 4 is 22.6 Å². The Labute approximate surface area is 146 Å². The lowest BCUT2D eigenvalue weighted by Gasteiger charge is -2.08. The molecular weight excluding hydrogens is 342 g/mol. The summed E-state index contributed by atoms with van der Waals surface area (Å²) in [6.07, 6.45) is -0.267. The van der Waals surface area contributed by atoms with Crippen molar-refractivity contribution in [2.24, 2.45) is 0 Å². The van der Waals surface area contributed by atoms with Gasteiger partial charge in [0.05, 0.1) is 11.3 Å². The molecule has 0 amide bonds. The van der Waals surface area contributed by atoms with Crippen LogP contribution in [-0.2, 0) is 22.6 Å². The van der Waals surface area contributed by atoms with Crippen molar-refractivity contribution in [2.75, 3.05) is 0 Å². The Hall–Kier alpha value is -3.68. The first-order valence-electron chi connectivity index (χ1n) is 7.58. The standard InChI is InChI=1S/C18H13NO7/c20-13-5-6-14-12(8-18(22)26-16(14)9-13)10-25-17(21)7-11-3-1-2-4-15(11)19(23)24/h1-6,8-9,20H,7,10H2. The lowest BCUT2D eigenvalue weighted by Crippen LogP contribution is -2.11. The highest BCUT2D eigenvalue weighted by Gasteiger charge is 2.17. The number of para-hydroxylation sites is 1. The Kier molecular flexibility index (Phi) is 4.66. The van der Waals surface area contributed by atoms with Gasteiger partial charge in [0, 0.05) is 34.7 Å². The van der Waals surface area contributed by atoms with E-state index in [0.717, 1.165) is 0 Å². The molecule has 0 fully saturated rings. The Bertz CT molecular complexity index is 1050. The minimum absolute atomic E-state index is 0.0637. The fourth-order valence-corrected chi connectivity index (χ4v) is 2.54. The summed E-state index contributed by atoms with van der Waals surface area (Å²) >= 11 is 0. The van der Waals surface area contributed by atoms with Crippen LogP contribution < -0.4 is 5.63 Å². The van der Waals surface area contributed by atoms with Crippen LogP contribution in [0.1, 0.15) is 11.1 Å². The van der Waals surface area contributed by atoms with E-state index in [4.69, 9.17) is 9.15 Å². The minimum atomic E-state index is -0.667. The third-order valence-electron chi connectivity index (χ3n) is 3.73. The van der Waals surface area contributed by atoms with E-state index in [1.54, 1.807) is 12.1 Å². The number of rotatable bonds is 5. The number of nitrogens with zero attached hydrogens (tertiary/aromatic N) is 1. The zero-order valence-corrected chi connectivity index (χ0v) is 13.4. The molecule has 0 spiro atoms. The molecular formula is C18H13NO7. The number of carbonyl (C=O) groups excluding carboxylic acids is 1. The van der Waals surface area contributed by atoms with Crippen LogP contribution in [0.4, 0.5) is 5.69 Å². The van der Waals surface area contributed by atoms with Gasteiger partial charge in [0.1, 0.15) is 17.9 Å². The van der Waals surface area contributed by atoms with Crippen LogP contribution in [0.3, 0.4) is 0 Å². The van der Waals surface area contributed by atoms with Gasteiger partial charge in [-0.25, -0.2) is 4.79 Å². The number of nitro benzene ring substituents is 1. The second-order valence-electron chi connectivity index (χ2n) is 5.49. The third-order valence-corrected chi connectivity index (χ3v) is 3.73. The molecule has 0 aliphatic heterocycles. The van der Waals surface area contributed by atoms with Gasteiger partial charge in [-0.15, -0.1) is 0 Å². The Morgan fingerprint density at radius 3 is 2.69 bits per heavy atom. The largest absolute Gasteiger partial charge is 0.508 e. The van der Waals surface area contributed by atoms with Crippen LogP contribution in [0.15, 0.2) is 57.7 Å². The van der Waals surface area contributed by atoms with Crippen molar-refractivity contribution < 1.29 is 24.0 Å². The topological polar surface area (TPSA) is 120 Å². The molecule has 2 aromatic carbocycles. The average molecular weight is 355 g/mol. The van der Waals surface area contributed by atoms with E-state index in [1.807, 2.05) is 0 Å². The van der Waals surface area contributed by atoms with Crippen molar-refractivity contribution in [3.8, 4) is 5.75 Å². The maximum atomic E-state index is 12.0. The molecule has 26 heavy (non-hydrogen) atoms. The lowest BCUT2D eigenvalue weighted by atomic mass is 10.1. The second-order valence-corrected chi connectivity index (χ2v) is 5.49. The quantitative estimate of drug-likeness (QED) is 0.323. The van der Waals surface area contributed by atoms with Crippen LogP contribution >= 0.6 is 0 Å². The molecule has 0 saturated carbocycles. The SMILES string of the molecule is O=C(Cc1ccccc1[N+](=O)[O-])OCc1cc(=O)oc2cc(O)ccc12. The Morgan fingerprint density at radius 1 is 1.15 bits per heavy atom. The summed E-state index contributed by atoms with van der Waals surface area (Å²) in [5, 5.41) is 21.0. The summed E-state index contributed by atoms with van der Waals surface area (Å²) in [5.74, 6) is -0.731. The molecule has 3 rings (SSSR count). The average Bonchev–Trinajstić information content (AvgIpc) is 2.59. The lowest BCUT2D eigenvalue weighted by molar-refractivity contribution is -0.385. The molecule has 0 radical (unpaired) electrons. The van der Waals surface area contributed by atoms with E-state index in [9.17, 15) is 24.8 Å². The van der Waals surface area contributed by atoms with Crippen LogP contribution in [0.25, 0.3) is 11.0 Å². The second kappa shape index (κ2) is 7.06. The number of esters is 1. The highest BCUT2D eigenvalue weighted by molar-refractivity contribution is 5.82. The molecule has 8 heteroatoms. The molecule has 1 N–H and O–H groups in total. The van der Waals surface area contributed by atoms with E-state index < -0.39 is 16.5 Å². The first-order valence-corrected chi connectivity index (χ1v) is 7.58. The molecule has 0 aliphatic rings. The normalized spacial score (nSPS) is 10.6. The number of fused-ring (bicyclic) bond motifs is 1. The van der Waals surface area contributed by atoms with Crippen LogP contribution in [-0.4, -0.2) is 16.0 Å². The molecule has 132 valence electrons. The minimum Gasteiger partial charge on any atom is -0.508 e. The molecule has 0 atom stereocenters. The highest BCUT2D eigenvalue weighted by atomic mass is 16.6. The number of phenols is 1. The summed E-state index contributed by atoms with van der Waals surface area (Å²) in [6.45, 7) is -0.202. The number of phenolic OH excluding ortho intramolecular Hbond substituents is 1. The van der Waals surface area contributed by atoms with Crippen molar-refractivity contribution in [3.63, 3.8) is 0 Å². The van der Waals surface area contributed by atoms with Gasteiger partial charge in [0.2, 0.25) is 0 Å². The molecule has 0 unspecified atom stereocenters. The predicted octanol–water partition coefficient (Wildman–Crippen LogP) is 2.69. The number of hydrogen-bond acceptors (Lipinski definition) is 7. The van der Waals surface area contributed by atoms with E-state index in [0.29, 0.717) is 10.9 Å². The van der Waals surface area contributed by atoms with Crippen molar-refractivity contribution in [3.05, 3.63) is 80.2 Å². The molecule has 0 saturated heterocycles. The fraction of sp³-hybridized carbons (Fsp3) is 0.111. The number of carbonyl (C=O) groups is 1. The molecule has 1 aromatic heterocycles. The van der Waals surface area contributed by atoms with Crippen molar-refractivity contribution in [1.29, 1.82) is 0 Å². The zero-order valence-electron chi connectivity index (χ0n) is 13.4. The van der Waals surface area contributed by atoms with E-state index in [2.05, 4.69) is 0 Å². The Balaban J connectivity index is 1.78. The number of ether oxygens (including phenoxy) is 1. The summed E-state index contributed by atoms with van der Waals surface area (Å²) in [6, 6.07) is 11.3. The van der Waals surface area contributed by atoms with Crippen molar-refractivity contribution in [2.45, 2.75) is 13.0 Å². The molecule has 8 nitrogen and oxygen atoms in total. The molecule has 0 aliphatic carbocycles. The number of benzene rings is 2. The van der Waals surface area contributed by atoms with Gasteiger partial charge in [-0.2, -0.15) is 0 Å². The van der Waals surface area contributed by atoms with E-state index in [1.165, 1.54) is 36.4 Å². The summed E-state index contributed by atoms with van der Waals surface area (Å²) in [7, 11) is 0. The Morgan fingerprint density at radius 2 is 1.92 bits per heavy atom.